The quantitative estimate of drug-likeness (QED) is 0.715. The smallest absolute Gasteiger partial charge is 0.323 e. The van der Waals surface area contributed by atoms with Gasteiger partial charge in [0.25, 0.3) is 0 Å². The van der Waals surface area contributed by atoms with E-state index in [1.807, 2.05) is 7.05 Å². The fraction of sp³-hybridized carbons (Fsp3) is 0.800. The molecule has 0 fully saturated rings. The van der Waals surface area contributed by atoms with E-state index < -0.39 is 0 Å². The first-order chi connectivity index (χ1) is 10.2. The average molecular weight is 295 g/mol. The highest BCUT2D eigenvalue weighted by atomic mass is 16.5. The first kappa shape index (κ1) is 17.5. The van der Waals surface area contributed by atoms with Crippen molar-refractivity contribution in [2.24, 2.45) is 0 Å². The predicted molar refractivity (Wildman–Crippen MR) is 87.2 cm³/mol. The molecule has 0 bridgehead atoms. The minimum Gasteiger partial charge on any atom is -0.463 e. The van der Waals surface area contributed by atoms with Crippen LogP contribution in [0.25, 0.3) is 0 Å². The summed E-state index contributed by atoms with van der Waals surface area (Å²) in [5.74, 6) is 1.26. The van der Waals surface area contributed by atoms with Gasteiger partial charge in [0.2, 0.25) is 11.9 Å². The third-order valence-corrected chi connectivity index (χ3v) is 3.38. The van der Waals surface area contributed by atoms with Gasteiger partial charge in [-0.25, -0.2) is 0 Å². The zero-order valence-electron chi connectivity index (χ0n) is 14.0. The normalized spacial score (nSPS) is 10.8. The van der Waals surface area contributed by atoms with Crippen molar-refractivity contribution in [2.75, 3.05) is 30.4 Å². The second kappa shape index (κ2) is 9.37. The van der Waals surface area contributed by atoms with Crippen molar-refractivity contribution >= 4 is 11.9 Å². The molecule has 0 aliphatic carbocycles. The lowest BCUT2D eigenvalue weighted by atomic mass is 10.1. The third kappa shape index (κ3) is 5.36. The van der Waals surface area contributed by atoms with Gasteiger partial charge in [0.1, 0.15) is 0 Å². The highest BCUT2D eigenvalue weighted by molar-refractivity contribution is 5.38. The standard InChI is InChI=1S/C15H29N5O/c1-6-10-16-13-17-14(20(5)12(8-3)9-4)19-15(18-13)21-11-7-2/h12H,6-11H2,1-5H3,(H,16,17,18,19). The average Bonchev–Trinajstić information content (AvgIpc) is 2.51. The van der Waals surface area contributed by atoms with E-state index in [-0.39, 0.29) is 0 Å². The SMILES string of the molecule is CCCNc1nc(OCCC)nc(N(C)C(CC)CC)n1. The Kier molecular flexibility index (Phi) is 7.79. The molecule has 0 radical (unpaired) electrons. The number of hydrogen-bond donors (Lipinski definition) is 1. The van der Waals surface area contributed by atoms with Gasteiger partial charge in [-0.15, -0.1) is 0 Å². The van der Waals surface area contributed by atoms with Crippen molar-refractivity contribution in [3.8, 4) is 6.01 Å². The Morgan fingerprint density at radius 2 is 1.76 bits per heavy atom. The van der Waals surface area contributed by atoms with Crippen molar-refractivity contribution < 1.29 is 4.74 Å². The van der Waals surface area contributed by atoms with E-state index in [1.54, 1.807) is 0 Å². The van der Waals surface area contributed by atoms with Crippen LogP contribution in [0.5, 0.6) is 6.01 Å². The molecule has 0 spiro atoms. The maximum atomic E-state index is 5.58. The van der Waals surface area contributed by atoms with Crippen LogP contribution in [0, 0.1) is 0 Å². The number of rotatable bonds is 10. The number of hydrogen-bond acceptors (Lipinski definition) is 6. The molecular formula is C15H29N5O. The molecule has 0 atom stereocenters. The highest BCUT2D eigenvalue weighted by Crippen LogP contribution is 2.18. The number of ether oxygens (including phenoxy) is 1. The van der Waals surface area contributed by atoms with Gasteiger partial charge in [-0.1, -0.05) is 27.7 Å². The summed E-state index contributed by atoms with van der Waals surface area (Å²) in [7, 11) is 2.03. The summed E-state index contributed by atoms with van der Waals surface area (Å²) < 4.78 is 5.58. The van der Waals surface area contributed by atoms with E-state index >= 15 is 0 Å². The summed E-state index contributed by atoms with van der Waals surface area (Å²) in [5, 5.41) is 3.21. The molecule has 0 unspecified atom stereocenters. The fourth-order valence-corrected chi connectivity index (χ4v) is 2.08. The summed E-state index contributed by atoms with van der Waals surface area (Å²) in [6.45, 7) is 9.98. The lowest BCUT2D eigenvalue weighted by molar-refractivity contribution is 0.291. The van der Waals surface area contributed by atoms with Crippen molar-refractivity contribution in [1.29, 1.82) is 0 Å². The molecule has 1 aromatic rings. The maximum absolute atomic E-state index is 5.58. The van der Waals surface area contributed by atoms with Gasteiger partial charge in [0, 0.05) is 19.6 Å². The van der Waals surface area contributed by atoms with Gasteiger partial charge >= 0.3 is 6.01 Å². The van der Waals surface area contributed by atoms with Crippen molar-refractivity contribution in [3.63, 3.8) is 0 Å². The Labute approximate surface area is 128 Å². The first-order valence-corrected chi connectivity index (χ1v) is 8.01. The molecule has 21 heavy (non-hydrogen) atoms. The molecule has 0 saturated carbocycles. The molecule has 1 aromatic heterocycles. The second-order valence-electron chi connectivity index (χ2n) is 5.10. The number of aromatic nitrogens is 3. The lowest BCUT2D eigenvalue weighted by Crippen LogP contribution is -2.32. The number of nitrogens with zero attached hydrogens (tertiary/aromatic N) is 4. The molecule has 0 aliphatic heterocycles. The van der Waals surface area contributed by atoms with Crippen LogP contribution in [-0.2, 0) is 0 Å². The molecule has 1 N–H and O–H groups in total. The van der Waals surface area contributed by atoms with Gasteiger partial charge in [0.05, 0.1) is 6.61 Å². The molecule has 1 rings (SSSR count). The Morgan fingerprint density at radius 3 is 2.33 bits per heavy atom. The largest absolute Gasteiger partial charge is 0.463 e. The highest BCUT2D eigenvalue weighted by Gasteiger charge is 2.16. The molecule has 0 saturated heterocycles. The lowest BCUT2D eigenvalue weighted by Gasteiger charge is -2.26. The summed E-state index contributed by atoms with van der Waals surface area (Å²) in [6, 6.07) is 0.823. The molecule has 120 valence electrons. The molecule has 0 aromatic carbocycles. The summed E-state index contributed by atoms with van der Waals surface area (Å²) >= 11 is 0. The second-order valence-corrected chi connectivity index (χ2v) is 5.10. The number of nitrogens with one attached hydrogen (secondary N) is 1. The van der Waals surface area contributed by atoms with Crippen LogP contribution in [0.15, 0.2) is 0 Å². The van der Waals surface area contributed by atoms with Crippen LogP contribution < -0.4 is 15.0 Å². The zero-order valence-corrected chi connectivity index (χ0v) is 14.0. The Bertz CT molecular complexity index is 383. The van der Waals surface area contributed by atoms with E-state index in [9.17, 15) is 0 Å². The van der Waals surface area contributed by atoms with Gasteiger partial charge in [-0.3, -0.25) is 0 Å². The molecule has 0 amide bonds. The Morgan fingerprint density at radius 1 is 1.05 bits per heavy atom. The number of anilines is 2. The minimum absolute atomic E-state index is 0.401. The van der Waals surface area contributed by atoms with E-state index in [0.29, 0.717) is 30.6 Å². The fourth-order valence-electron chi connectivity index (χ4n) is 2.08. The van der Waals surface area contributed by atoms with Gasteiger partial charge < -0.3 is 15.0 Å². The third-order valence-electron chi connectivity index (χ3n) is 3.38. The Balaban J connectivity index is 2.98. The molecule has 0 aliphatic rings. The van der Waals surface area contributed by atoms with Crippen LogP contribution in [-0.4, -0.2) is 41.2 Å². The van der Waals surface area contributed by atoms with Gasteiger partial charge in [-0.2, -0.15) is 15.0 Å². The van der Waals surface area contributed by atoms with Gasteiger partial charge in [-0.05, 0) is 25.7 Å². The minimum atomic E-state index is 0.401. The van der Waals surface area contributed by atoms with E-state index in [2.05, 4.69) is 52.9 Å². The van der Waals surface area contributed by atoms with Crippen molar-refractivity contribution in [2.45, 2.75) is 59.4 Å². The molecule has 6 nitrogen and oxygen atoms in total. The van der Waals surface area contributed by atoms with E-state index in [4.69, 9.17) is 4.74 Å². The first-order valence-electron chi connectivity index (χ1n) is 8.01. The summed E-state index contributed by atoms with van der Waals surface area (Å²) in [5.41, 5.74) is 0. The van der Waals surface area contributed by atoms with Crippen molar-refractivity contribution in [1.82, 2.24) is 15.0 Å². The maximum Gasteiger partial charge on any atom is 0.323 e. The summed E-state index contributed by atoms with van der Waals surface area (Å²) in [6.07, 6.45) is 4.07. The molecule has 1 heterocycles. The predicted octanol–water partition coefficient (Wildman–Crippen LogP) is 3.11. The monoisotopic (exact) mass is 295 g/mol. The van der Waals surface area contributed by atoms with Crippen LogP contribution >= 0.6 is 0 Å². The van der Waals surface area contributed by atoms with Crippen LogP contribution in [0.1, 0.15) is 53.4 Å². The molecular weight excluding hydrogens is 266 g/mol. The van der Waals surface area contributed by atoms with E-state index in [0.717, 1.165) is 32.2 Å². The Hall–Kier alpha value is -1.59. The van der Waals surface area contributed by atoms with Crippen LogP contribution in [0.4, 0.5) is 11.9 Å². The van der Waals surface area contributed by atoms with Gasteiger partial charge in [0.15, 0.2) is 0 Å². The zero-order chi connectivity index (χ0) is 15.7. The van der Waals surface area contributed by atoms with Crippen molar-refractivity contribution in [3.05, 3.63) is 0 Å². The topological polar surface area (TPSA) is 63.2 Å². The van der Waals surface area contributed by atoms with E-state index in [1.165, 1.54) is 0 Å². The molecule has 6 heteroatoms. The summed E-state index contributed by atoms with van der Waals surface area (Å²) in [4.78, 5) is 15.4. The van der Waals surface area contributed by atoms with Crippen LogP contribution in [0.2, 0.25) is 0 Å². The van der Waals surface area contributed by atoms with Crippen LogP contribution in [0.3, 0.4) is 0 Å².